The van der Waals surface area contributed by atoms with Crippen LogP contribution in [0.2, 0.25) is 0 Å². The summed E-state index contributed by atoms with van der Waals surface area (Å²) in [5.41, 5.74) is 2.96. The van der Waals surface area contributed by atoms with Crippen LogP contribution in [-0.2, 0) is 11.4 Å². The molecule has 0 radical (unpaired) electrons. The molecule has 0 aliphatic rings. The zero-order valence-corrected chi connectivity index (χ0v) is 16.7. The molecular weight excluding hydrogens is 380 g/mol. The summed E-state index contributed by atoms with van der Waals surface area (Å²) in [7, 11) is 0. The first-order valence-electron chi connectivity index (χ1n) is 9.76. The third-order valence-electron chi connectivity index (χ3n) is 4.95. The summed E-state index contributed by atoms with van der Waals surface area (Å²) in [6, 6.07) is 21.5. The lowest BCUT2D eigenvalue weighted by Crippen LogP contribution is -2.16. The summed E-state index contributed by atoms with van der Waals surface area (Å²) in [5.74, 6) is -1.52. The maximum absolute atomic E-state index is 13.3. The second-order valence-corrected chi connectivity index (χ2v) is 7.20. The number of carboxylic acids is 1. The van der Waals surface area contributed by atoms with E-state index in [9.17, 15) is 14.7 Å². The molecule has 154 valence electrons. The maximum Gasteiger partial charge on any atom is 0.303 e. The van der Waals surface area contributed by atoms with Crippen LogP contribution in [0.5, 0.6) is 11.5 Å². The standard InChI is InChI=1S/C25H24O5/c1-17-7-5-6-10-22(17)23(11-12-24(27)28)25(29)19-13-20(26)15-21(14-19)30-16-18-8-3-2-4-9-18/h2-10,13-15,23,26H,11-12,16H2,1H3,(H,27,28). The van der Waals surface area contributed by atoms with Gasteiger partial charge in [0.25, 0.3) is 0 Å². The summed E-state index contributed by atoms with van der Waals surface area (Å²) in [6.45, 7) is 2.20. The molecule has 5 nitrogen and oxygen atoms in total. The summed E-state index contributed by atoms with van der Waals surface area (Å²) < 4.78 is 5.76. The van der Waals surface area contributed by atoms with Crippen molar-refractivity contribution < 1.29 is 24.5 Å². The Morgan fingerprint density at radius 3 is 2.37 bits per heavy atom. The fourth-order valence-electron chi connectivity index (χ4n) is 3.42. The van der Waals surface area contributed by atoms with Crippen molar-refractivity contribution in [2.45, 2.75) is 32.3 Å². The number of phenols is 1. The molecule has 0 spiro atoms. The van der Waals surface area contributed by atoms with Crippen molar-refractivity contribution >= 4 is 11.8 Å². The Morgan fingerprint density at radius 1 is 0.967 bits per heavy atom. The highest BCUT2D eigenvalue weighted by Crippen LogP contribution is 2.31. The number of carbonyl (C=O) groups is 2. The molecule has 1 atom stereocenters. The van der Waals surface area contributed by atoms with Crippen LogP contribution < -0.4 is 4.74 Å². The van der Waals surface area contributed by atoms with Gasteiger partial charge < -0.3 is 14.9 Å². The number of ether oxygens (including phenoxy) is 1. The van der Waals surface area contributed by atoms with Crippen molar-refractivity contribution in [2.24, 2.45) is 0 Å². The molecule has 3 aromatic rings. The van der Waals surface area contributed by atoms with Gasteiger partial charge in [-0.3, -0.25) is 9.59 Å². The van der Waals surface area contributed by atoms with Gasteiger partial charge in [-0.2, -0.15) is 0 Å². The van der Waals surface area contributed by atoms with Gasteiger partial charge in [-0.05, 0) is 42.2 Å². The first-order valence-corrected chi connectivity index (χ1v) is 9.76. The Hall–Kier alpha value is -3.60. The van der Waals surface area contributed by atoms with Crippen molar-refractivity contribution in [3.8, 4) is 11.5 Å². The van der Waals surface area contributed by atoms with Gasteiger partial charge in [-0.15, -0.1) is 0 Å². The Labute approximate surface area is 175 Å². The van der Waals surface area contributed by atoms with Crippen molar-refractivity contribution in [2.75, 3.05) is 0 Å². The van der Waals surface area contributed by atoms with E-state index in [-0.39, 0.29) is 29.9 Å². The monoisotopic (exact) mass is 404 g/mol. The fraction of sp³-hybridized carbons (Fsp3) is 0.200. The third kappa shape index (κ3) is 5.47. The minimum absolute atomic E-state index is 0.0781. The zero-order valence-electron chi connectivity index (χ0n) is 16.7. The molecule has 0 saturated heterocycles. The molecule has 0 aliphatic heterocycles. The molecule has 0 bridgehead atoms. The number of phenolic OH excluding ortho intramolecular Hbond substituents is 1. The predicted molar refractivity (Wildman–Crippen MR) is 114 cm³/mol. The summed E-state index contributed by atoms with van der Waals surface area (Å²) in [4.78, 5) is 24.5. The molecule has 0 amide bonds. The SMILES string of the molecule is Cc1ccccc1C(CCC(=O)O)C(=O)c1cc(O)cc(OCc2ccccc2)c1. The lowest BCUT2D eigenvalue weighted by molar-refractivity contribution is -0.137. The minimum atomic E-state index is -0.954. The minimum Gasteiger partial charge on any atom is -0.508 e. The van der Waals surface area contributed by atoms with Gasteiger partial charge in [0.15, 0.2) is 5.78 Å². The van der Waals surface area contributed by atoms with Crippen molar-refractivity contribution in [1.29, 1.82) is 0 Å². The first-order chi connectivity index (χ1) is 14.4. The van der Waals surface area contributed by atoms with Gasteiger partial charge in [0.05, 0.1) is 0 Å². The van der Waals surface area contributed by atoms with E-state index in [1.807, 2.05) is 61.5 Å². The van der Waals surface area contributed by atoms with Crippen molar-refractivity contribution in [1.82, 2.24) is 0 Å². The largest absolute Gasteiger partial charge is 0.508 e. The van der Waals surface area contributed by atoms with Crippen molar-refractivity contribution in [3.63, 3.8) is 0 Å². The number of ketones is 1. The number of hydrogen-bond donors (Lipinski definition) is 2. The van der Waals surface area contributed by atoms with Crippen LogP contribution >= 0.6 is 0 Å². The fourth-order valence-corrected chi connectivity index (χ4v) is 3.42. The molecule has 1 unspecified atom stereocenters. The number of carbonyl (C=O) groups excluding carboxylic acids is 1. The molecule has 0 saturated carbocycles. The molecule has 0 heterocycles. The Kier molecular flexibility index (Phi) is 6.86. The first kappa shape index (κ1) is 21.1. The number of carboxylic acid groups (broad SMARTS) is 1. The molecule has 30 heavy (non-hydrogen) atoms. The van der Waals surface area contributed by atoms with Crippen molar-refractivity contribution in [3.05, 3.63) is 95.1 Å². The zero-order chi connectivity index (χ0) is 21.5. The molecule has 0 aromatic heterocycles. The number of Topliss-reactive ketones (excluding diaryl/α,β-unsaturated/α-hetero) is 1. The van der Waals surface area contributed by atoms with E-state index in [1.165, 1.54) is 12.1 Å². The quantitative estimate of drug-likeness (QED) is 0.484. The van der Waals surface area contributed by atoms with Gasteiger partial charge in [-0.1, -0.05) is 54.6 Å². The van der Waals surface area contributed by atoms with Crippen LogP contribution in [0.1, 0.15) is 45.8 Å². The lowest BCUT2D eigenvalue weighted by Gasteiger charge is -2.18. The van der Waals surface area contributed by atoms with E-state index in [4.69, 9.17) is 9.84 Å². The highest BCUT2D eigenvalue weighted by Gasteiger charge is 2.25. The van der Waals surface area contributed by atoms with Gasteiger partial charge in [-0.25, -0.2) is 0 Å². The summed E-state index contributed by atoms with van der Waals surface area (Å²) in [5, 5.41) is 19.3. The van der Waals surface area contributed by atoms with Crippen LogP contribution in [0.4, 0.5) is 0 Å². The molecular formula is C25H24O5. The number of aromatic hydroxyl groups is 1. The highest BCUT2D eigenvalue weighted by atomic mass is 16.5. The smallest absolute Gasteiger partial charge is 0.303 e. The van der Waals surface area contributed by atoms with E-state index in [0.717, 1.165) is 16.7 Å². The van der Waals surface area contributed by atoms with E-state index in [0.29, 0.717) is 12.4 Å². The molecule has 2 N–H and O–H groups in total. The number of hydrogen-bond acceptors (Lipinski definition) is 4. The number of aliphatic carboxylic acids is 1. The number of rotatable bonds is 9. The molecule has 3 rings (SSSR count). The Morgan fingerprint density at radius 2 is 1.67 bits per heavy atom. The lowest BCUT2D eigenvalue weighted by atomic mass is 9.84. The van der Waals surface area contributed by atoms with Gasteiger partial charge in [0.1, 0.15) is 18.1 Å². The van der Waals surface area contributed by atoms with E-state index in [2.05, 4.69) is 0 Å². The van der Waals surface area contributed by atoms with Crippen LogP contribution in [0.3, 0.4) is 0 Å². The Balaban J connectivity index is 1.87. The van der Waals surface area contributed by atoms with E-state index >= 15 is 0 Å². The average molecular weight is 404 g/mol. The average Bonchev–Trinajstić information content (AvgIpc) is 2.73. The van der Waals surface area contributed by atoms with Gasteiger partial charge >= 0.3 is 5.97 Å². The van der Waals surface area contributed by atoms with Crippen LogP contribution in [0, 0.1) is 6.92 Å². The summed E-state index contributed by atoms with van der Waals surface area (Å²) in [6.07, 6.45) is 0.0514. The second-order valence-electron chi connectivity index (χ2n) is 7.20. The molecule has 5 heteroatoms. The predicted octanol–water partition coefficient (Wildman–Crippen LogP) is 5.11. The molecule has 0 fully saturated rings. The molecule has 0 aliphatic carbocycles. The van der Waals surface area contributed by atoms with E-state index in [1.54, 1.807) is 6.07 Å². The molecule has 3 aromatic carbocycles. The number of aryl methyl sites for hydroxylation is 1. The normalized spacial score (nSPS) is 11.6. The highest BCUT2D eigenvalue weighted by molar-refractivity contribution is 6.02. The third-order valence-corrected chi connectivity index (χ3v) is 4.95. The Bertz CT molecular complexity index is 1030. The summed E-state index contributed by atoms with van der Waals surface area (Å²) >= 11 is 0. The van der Waals surface area contributed by atoms with E-state index < -0.39 is 11.9 Å². The van der Waals surface area contributed by atoms with Crippen LogP contribution in [0.15, 0.2) is 72.8 Å². The second kappa shape index (κ2) is 9.74. The van der Waals surface area contributed by atoms with Crippen LogP contribution in [0.25, 0.3) is 0 Å². The number of benzene rings is 3. The van der Waals surface area contributed by atoms with Gasteiger partial charge in [0, 0.05) is 24.0 Å². The topological polar surface area (TPSA) is 83.8 Å². The van der Waals surface area contributed by atoms with Gasteiger partial charge in [0.2, 0.25) is 0 Å². The maximum atomic E-state index is 13.3. The van der Waals surface area contributed by atoms with Crippen LogP contribution in [-0.4, -0.2) is 22.0 Å².